The van der Waals surface area contributed by atoms with Gasteiger partial charge in [-0.1, -0.05) is 29.8 Å². The molecule has 1 unspecified atom stereocenters. The van der Waals surface area contributed by atoms with E-state index in [1.165, 1.54) is 0 Å². The molecule has 3 heteroatoms. The van der Waals surface area contributed by atoms with Crippen LogP contribution in [0.15, 0.2) is 47.9 Å². The Hall–Kier alpha value is -2.03. The summed E-state index contributed by atoms with van der Waals surface area (Å²) in [6.45, 7) is 2.00. The molecule has 0 bridgehead atoms. The van der Waals surface area contributed by atoms with Gasteiger partial charge < -0.3 is 10.2 Å². The number of benzene rings is 1. The highest BCUT2D eigenvalue weighted by atomic mass is 16.3. The fourth-order valence-corrected chi connectivity index (χ4v) is 1.96. The van der Waals surface area contributed by atoms with E-state index >= 15 is 0 Å². The van der Waals surface area contributed by atoms with E-state index in [0.717, 1.165) is 11.1 Å². The average Bonchev–Trinajstić information content (AvgIpc) is 2.29. The van der Waals surface area contributed by atoms with Crippen molar-refractivity contribution in [2.75, 3.05) is 0 Å². The Kier molecular flexibility index (Phi) is 3.00. The summed E-state index contributed by atoms with van der Waals surface area (Å²) in [5.41, 5.74) is 2.14. The van der Waals surface area contributed by atoms with Crippen molar-refractivity contribution in [1.29, 1.82) is 0 Å². The van der Waals surface area contributed by atoms with Crippen LogP contribution in [0.5, 0.6) is 0 Å². The first-order valence-corrected chi connectivity index (χ1v) is 5.47. The predicted octanol–water partition coefficient (Wildman–Crippen LogP) is 2.94. The summed E-state index contributed by atoms with van der Waals surface area (Å²) in [4.78, 5) is 11.7. The number of aryl methyl sites for hydroxylation is 1. The maximum Gasteiger partial charge on any atom is 0.170 e. The fraction of sp³-hybridized carbons (Fsp3) is 0.214. The molecule has 2 rings (SSSR count). The second kappa shape index (κ2) is 4.45. The molecule has 0 saturated heterocycles. The molecular weight excluding hydrogens is 216 g/mol. The van der Waals surface area contributed by atoms with Crippen LogP contribution in [0.4, 0.5) is 0 Å². The van der Waals surface area contributed by atoms with Crippen LogP contribution >= 0.6 is 0 Å². The van der Waals surface area contributed by atoms with Gasteiger partial charge in [-0.15, -0.1) is 0 Å². The summed E-state index contributed by atoms with van der Waals surface area (Å²) in [7, 11) is 0. The van der Waals surface area contributed by atoms with Crippen molar-refractivity contribution in [3.8, 4) is 0 Å². The number of aliphatic hydroxyl groups is 2. The Bertz CT molecular complexity index is 495. The topological polar surface area (TPSA) is 57.5 Å². The quantitative estimate of drug-likeness (QED) is 0.576. The SMILES string of the molecule is Cc1ccc(C2C=C(O)/C(=C\O)C(=O)C2)cc1. The largest absolute Gasteiger partial charge is 0.515 e. The Balaban J connectivity index is 2.34. The molecule has 0 aliphatic heterocycles. The highest BCUT2D eigenvalue weighted by Gasteiger charge is 2.25. The molecule has 17 heavy (non-hydrogen) atoms. The van der Waals surface area contributed by atoms with E-state index in [9.17, 15) is 9.90 Å². The van der Waals surface area contributed by atoms with Crippen LogP contribution < -0.4 is 0 Å². The Morgan fingerprint density at radius 3 is 2.47 bits per heavy atom. The van der Waals surface area contributed by atoms with Crippen LogP contribution in [0, 0.1) is 6.92 Å². The summed E-state index contributed by atoms with van der Waals surface area (Å²) in [6.07, 6.45) is 2.55. The molecule has 1 aromatic rings. The minimum absolute atomic E-state index is 0.00615. The number of hydrogen-bond donors (Lipinski definition) is 2. The monoisotopic (exact) mass is 230 g/mol. The van der Waals surface area contributed by atoms with Crippen LogP contribution in [-0.4, -0.2) is 16.0 Å². The predicted molar refractivity (Wildman–Crippen MR) is 65.0 cm³/mol. The molecule has 3 nitrogen and oxygen atoms in total. The third-order valence-corrected chi connectivity index (χ3v) is 2.98. The summed E-state index contributed by atoms with van der Waals surface area (Å²) in [5.74, 6) is -0.501. The summed E-state index contributed by atoms with van der Waals surface area (Å²) in [5, 5.41) is 18.5. The van der Waals surface area contributed by atoms with Crippen LogP contribution in [-0.2, 0) is 4.79 Å². The first-order valence-electron chi connectivity index (χ1n) is 5.47. The molecule has 1 aliphatic rings. The second-order valence-corrected chi connectivity index (χ2v) is 4.24. The van der Waals surface area contributed by atoms with E-state index in [0.29, 0.717) is 6.26 Å². The Labute approximate surface area is 99.7 Å². The molecular formula is C14H14O3. The Morgan fingerprint density at radius 2 is 1.94 bits per heavy atom. The van der Waals surface area contributed by atoms with Gasteiger partial charge in [0.15, 0.2) is 5.78 Å². The van der Waals surface area contributed by atoms with Gasteiger partial charge in [0.2, 0.25) is 0 Å². The first kappa shape index (κ1) is 11.5. The van der Waals surface area contributed by atoms with Crippen LogP contribution in [0.1, 0.15) is 23.5 Å². The molecule has 0 aromatic heterocycles. The van der Waals surface area contributed by atoms with E-state index < -0.39 is 0 Å². The highest BCUT2D eigenvalue weighted by Crippen LogP contribution is 2.30. The number of carbonyl (C=O) groups is 1. The second-order valence-electron chi connectivity index (χ2n) is 4.24. The number of rotatable bonds is 1. The molecule has 1 aromatic carbocycles. The van der Waals surface area contributed by atoms with Gasteiger partial charge in [0.05, 0.1) is 11.8 Å². The molecule has 1 aliphatic carbocycles. The van der Waals surface area contributed by atoms with Gasteiger partial charge in [-0.05, 0) is 18.6 Å². The number of hydrogen-bond acceptors (Lipinski definition) is 3. The summed E-state index contributed by atoms with van der Waals surface area (Å²) >= 11 is 0. The van der Waals surface area contributed by atoms with E-state index in [1.54, 1.807) is 6.08 Å². The molecule has 0 heterocycles. The van der Waals surface area contributed by atoms with Gasteiger partial charge in [0, 0.05) is 12.3 Å². The molecule has 0 radical (unpaired) electrons. The van der Waals surface area contributed by atoms with Gasteiger partial charge >= 0.3 is 0 Å². The van der Waals surface area contributed by atoms with Gasteiger partial charge in [0.1, 0.15) is 5.76 Å². The summed E-state index contributed by atoms with van der Waals surface area (Å²) in [6, 6.07) is 7.85. The van der Waals surface area contributed by atoms with Crippen molar-refractivity contribution >= 4 is 5.78 Å². The van der Waals surface area contributed by atoms with Crippen molar-refractivity contribution in [3.63, 3.8) is 0 Å². The first-order chi connectivity index (χ1) is 8.11. The average molecular weight is 230 g/mol. The molecule has 0 fully saturated rings. The fourth-order valence-electron chi connectivity index (χ4n) is 1.96. The van der Waals surface area contributed by atoms with Gasteiger partial charge in [-0.2, -0.15) is 0 Å². The lowest BCUT2D eigenvalue weighted by molar-refractivity contribution is -0.116. The van der Waals surface area contributed by atoms with Crippen molar-refractivity contribution < 1.29 is 15.0 Å². The zero-order valence-electron chi connectivity index (χ0n) is 9.55. The van der Waals surface area contributed by atoms with Gasteiger partial charge in [-0.25, -0.2) is 0 Å². The third-order valence-electron chi connectivity index (χ3n) is 2.98. The number of aliphatic hydroxyl groups excluding tert-OH is 2. The maximum atomic E-state index is 11.7. The lowest BCUT2D eigenvalue weighted by Crippen LogP contribution is -2.16. The van der Waals surface area contributed by atoms with E-state index in [1.807, 2.05) is 31.2 Å². The number of carbonyl (C=O) groups excluding carboxylic acids is 1. The molecule has 0 saturated carbocycles. The lowest BCUT2D eigenvalue weighted by Gasteiger charge is -2.19. The van der Waals surface area contributed by atoms with E-state index in [-0.39, 0.29) is 29.5 Å². The zero-order valence-corrected chi connectivity index (χ0v) is 9.55. The number of Topliss-reactive ketones (excluding diaryl/α,β-unsaturated/α-hetero) is 1. The van der Waals surface area contributed by atoms with Crippen molar-refractivity contribution in [3.05, 3.63) is 59.1 Å². The van der Waals surface area contributed by atoms with Gasteiger partial charge in [0.25, 0.3) is 0 Å². The molecule has 0 spiro atoms. The van der Waals surface area contributed by atoms with Crippen LogP contribution in [0.2, 0.25) is 0 Å². The molecule has 88 valence electrons. The zero-order chi connectivity index (χ0) is 12.4. The highest BCUT2D eigenvalue weighted by molar-refractivity contribution is 6.00. The van der Waals surface area contributed by atoms with Crippen molar-refractivity contribution in [2.24, 2.45) is 0 Å². The van der Waals surface area contributed by atoms with Crippen molar-refractivity contribution in [1.82, 2.24) is 0 Å². The standard InChI is InChI=1S/C14H14O3/c1-9-2-4-10(5-3-9)11-6-13(16)12(8-15)14(17)7-11/h2-6,8,11,15-16H,7H2,1H3/b12-8+. The molecule has 1 atom stereocenters. The minimum Gasteiger partial charge on any atom is -0.515 e. The van der Waals surface area contributed by atoms with Crippen molar-refractivity contribution in [2.45, 2.75) is 19.3 Å². The van der Waals surface area contributed by atoms with E-state index in [2.05, 4.69) is 0 Å². The number of ketones is 1. The number of allylic oxidation sites excluding steroid dienone is 2. The molecule has 2 N–H and O–H groups in total. The lowest BCUT2D eigenvalue weighted by atomic mass is 9.85. The maximum absolute atomic E-state index is 11.7. The van der Waals surface area contributed by atoms with Crippen LogP contribution in [0.3, 0.4) is 0 Å². The van der Waals surface area contributed by atoms with Crippen LogP contribution in [0.25, 0.3) is 0 Å². The summed E-state index contributed by atoms with van der Waals surface area (Å²) < 4.78 is 0. The normalized spacial score (nSPS) is 22.6. The third kappa shape index (κ3) is 2.23. The Morgan fingerprint density at radius 1 is 1.29 bits per heavy atom. The minimum atomic E-state index is -0.238. The molecule has 0 amide bonds. The smallest absolute Gasteiger partial charge is 0.170 e. The van der Waals surface area contributed by atoms with Gasteiger partial charge in [-0.3, -0.25) is 4.79 Å². The van der Waals surface area contributed by atoms with E-state index in [4.69, 9.17) is 5.11 Å².